The third kappa shape index (κ3) is 6.32. The highest BCUT2D eigenvalue weighted by molar-refractivity contribution is 7.99. The van der Waals surface area contributed by atoms with E-state index in [2.05, 4.69) is 44.5 Å². The number of amides is 1. The van der Waals surface area contributed by atoms with E-state index < -0.39 is 0 Å². The van der Waals surface area contributed by atoms with Crippen molar-refractivity contribution in [3.05, 3.63) is 65.2 Å². The first-order valence-corrected chi connectivity index (χ1v) is 11.9. The summed E-state index contributed by atoms with van der Waals surface area (Å²) in [6.07, 6.45) is 0. The lowest BCUT2D eigenvalue weighted by atomic mass is 10.1. The van der Waals surface area contributed by atoms with E-state index in [9.17, 15) is 4.79 Å². The zero-order chi connectivity index (χ0) is 22.3. The molecule has 4 rings (SSSR count). The molecule has 32 heavy (non-hydrogen) atoms. The molecule has 9 heteroatoms. The van der Waals surface area contributed by atoms with Crippen molar-refractivity contribution in [1.82, 2.24) is 25.3 Å². The van der Waals surface area contributed by atoms with E-state index in [1.807, 2.05) is 30.3 Å². The van der Waals surface area contributed by atoms with Crippen molar-refractivity contribution in [2.24, 2.45) is 0 Å². The predicted octanol–water partition coefficient (Wildman–Crippen LogP) is 3.59. The molecule has 3 aromatic rings. The minimum atomic E-state index is -0.0694. The van der Waals surface area contributed by atoms with Crippen LogP contribution in [0, 0.1) is 0 Å². The van der Waals surface area contributed by atoms with Crippen molar-refractivity contribution in [3.8, 4) is 11.5 Å². The summed E-state index contributed by atoms with van der Waals surface area (Å²) in [5, 5.41) is 12.3. The molecule has 0 radical (unpaired) electrons. The molecule has 0 aliphatic carbocycles. The van der Waals surface area contributed by atoms with Gasteiger partial charge >= 0.3 is 0 Å². The number of nitrogens with one attached hydrogen (secondary N) is 1. The third-order valence-electron chi connectivity index (χ3n) is 5.40. The zero-order valence-electron chi connectivity index (χ0n) is 17.9. The fraction of sp³-hybridized carbons (Fsp3) is 0.348. The Kier molecular flexibility index (Phi) is 7.81. The van der Waals surface area contributed by atoms with E-state index in [1.54, 1.807) is 12.1 Å². The number of piperazine rings is 1. The number of thioether (sulfide) groups is 1. The summed E-state index contributed by atoms with van der Waals surface area (Å²) in [4.78, 5) is 17.5. The molecule has 1 aliphatic rings. The lowest BCUT2D eigenvalue weighted by molar-refractivity contribution is -0.119. The first-order valence-electron chi connectivity index (χ1n) is 10.5. The number of hydrogen-bond acceptors (Lipinski definition) is 7. The molecule has 1 N–H and O–H groups in total. The number of carbonyl (C=O) groups is 1. The molecule has 2 aromatic carbocycles. The van der Waals surface area contributed by atoms with Gasteiger partial charge in [0.2, 0.25) is 11.8 Å². The highest BCUT2D eigenvalue weighted by Gasteiger charge is 2.21. The average Bonchev–Trinajstić information content (AvgIpc) is 3.29. The average molecular weight is 472 g/mol. The van der Waals surface area contributed by atoms with Crippen LogP contribution in [0.2, 0.25) is 5.02 Å². The van der Waals surface area contributed by atoms with Gasteiger partial charge in [-0.1, -0.05) is 53.7 Å². The second-order valence-corrected chi connectivity index (χ2v) is 9.17. The van der Waals surface area contributed by atoms with Crippen LogP contribution in [-0.2, 0) is 4.79 Å². The Morgan fingerprint density at radius 3 is 2.53 bits per heavy atom. The van der Waals surface area contributed by atoms with Crippen LogP contribution in [0.25, 0.3) is 11.5 Å². The molecule has 1 amide bonds. The molecule has 1 saturated heterocycles. The number of rotatable bonds is 8. The summed E-state index contributed by atoms with van der Waals surface area (Å²) in [5.41, 5.74) is 1.89. The van der Waals surface area contributed by atoms with Gasteiger partial charge in [-0.05, 0) is 36.9 Å². The number of carbonyl (C=O) groups excluding carboxylic acids is 1. The van der Waals surface area contributed by atoms with Gasteiger partial charge in [-0.2, -0.15) is 0 Å². The second-order valence-electron chi connectivity index (χ2n) is 7.80. The van der Waals surface area contributed by atoms with Crippen molar-refractivity contribution in [2.75, 3.05) is 45.5 Å². The van der Waals surface area contributed by atoms with E-state index in [0.717, 1.165) is 43.9 Å². The molecule has 1 atom stereocenters. The number of nitrogens with zero attached hydrogens (tertiary/aromatic N) is 4. The van der Waals surface area contributed by atoms with Crippen LogP contribution >= 0.6 is 23.4 Å². The summed E-state index contributed by atoms with van der Waals surface area (Å²) < 4.78 is 5.69. The van der Waals surface area contributed by atoms with Crippen molar-refractivity contribution < 1.29 is 9.21 Å². The molecule has 1 aliphatic heterocycles. The predicted molar refractivity (Wildman–Crippen MR) is 127 cm³/mol. The molecular weight excluding hydrogens is 446 g/mol. The van der Waals surface area contributed by atoms with Crippen molar-refractivity contribution in [3.63, 3.8) is 0 Å². The normalized spacial score (nSPS) is 16.1. The Morgan fingerprint density at radius 2 is 1.81 bits per heavy atom. The smallest absolute Gasteiger partial charge is 0.277 e. The van der Waals surface area contributed by atoms with Crippen LogP contribution in [0.1, 0.15) is 11.6 Å². The Morgan fingerprint density at radius 1 is 1.09 bits per heavy atom. The number of hydrogen-bond donors (Lipinski definition) is 1. The van der Waals surface area contributed by atoms with Crippen LogP contribution in [0.5, 0.6) is 0 Å². The Bertz CT molecular complexity index is 1010. The van der Waals surface area contributed by atoms with Crippen LogP contribution in [0.3, 0.4) is 0 Å². The molecule has 0 saturated carbocycles. The fourth-order valence-electron chi connectivity index (χ4n) is 3.55. The van der Waals surface area contributed by atoms with Gasteiger partial charge in [-0.15, -0.1) is 10.2 Å². The van der Waals surface area contributed by atoms with Crippen molar-refractivity contribution >= 4 is 29.3 Å². The first-order chi connectivity index (χ1) is 15.6. The van der Waals surface area contributed by atoms with Gasteiger partial charge in [0.1, 0.15) is 0 Å². The molecular formula is C23H26ClN5O2S. The lowest BCUT2D eigenvalue weighted by Gasteiger charge is -2.35. The summed E-state index contributed by atoms with van der Waals surface area (Å²) >= 11 is 7.15. The lowest BCUT2D eigenvalue weighted by Crippen LogP contribution is -2.48. The minimum absolute atomic E-state index is 0.0655. The number of benzene rings is 2. The minimum Gasteiger partial charge on any atom is -0.411 e. The second kappa shape index (κ2) is 11.0. The van der Waals surface area contributed by atoms with Gasteiger partial charge in [0.15, 0.2) is 0 Å². The Balaban J connectivity index is 1.34. The van der Waals surface area contributed by atoms with E-state index in [4.69, 9.17) is 16.0 Å². The molecule has 1 aromatic heterocycles. The van der Waals surface area contributed by atoms with Crippen LogP contribution in [0.4, 0.5) is 0 Å². The van der Waals surface area contributed by atoms with Gasteiger partial charge in [0.05, 0.1) is 11.8 Å². The maximum atomic E-state index is 12.7. The van der Waals surface area contributed by atoms with E-state index in [0.29, 0.717) is 16.1 Å². The van der Waals surface area contributed by atoms with Crippen LogP contribution < -0.4 is 5.32 Å². The fourth-order valence-corrected chi connectivity index (χ4v) is 4.25. The summed E-state index contributed by atoms with van der Waals surface area (Å²) in [7, 11) is 2.14. The summed E-state index contributed by atoms with van der Waals surface area (Å²) in [5.74, 6) is 0.542. The van der Waals surface area contributed by atoms with E-state index in [-0.39, 0.29) is 17.7 Å². The number of aromatic nitrogens is 2. The molecule has 1 unspecified atom stereocenters. The van der Waals surface area contributed by atoms with Crippen LogP contribution in [0.15, 0.2) is 64.2 Å². The molecule has 0 spiro atoms. The molecule has 168 valence electrons. The maximum Gasteiger partial charge on any atom is 0.277 e. The SMILES string of the molecule is CN1CCN(CC(NC(=O)CSc2nnc(-c3ccc(Cl)cc3)o2)c2ccccc2)CC1. The van der Waals surface area contributed by atoms with Gasteiger partial charge < -0.3 is 14.6 Å². The van der Waals surface area contributed by atoms with Gasteiger partial charge in [0.25, 0.3) is 5.22 Å². The van der Waals surface area contributed by atoms with Gasteiger partial charge in [-0.3, -0.25) is 9.69 Å². The highest BCUT2D eigenvalue weighted by atomic mass is 35.5. The number of halogens is 1. The molecule has 0 bridgehead atoms. The van der Waals surface area contributed by atoms with Gasteiger partial charge in [-0.25, -0.2) is 0 Å². The maximum absolute atomic E-state index is 12.7. The van der Waals surface area contributed by atoms with Crippen molar-refractivity contribution in [1.29, 1.82) is 0 Å². The monoisotopic (exact) mass is 471 g/mol. The molecule has 2 heterocycles. The summed E-state index contributed by atoms with van der Waals surface area (Å²) in [6.45, 7) is 4.87. The molecule has 7 nitrogen and oxygen atoms in total. The Labute approximate surface area is 197 Å². The number of likely N-dealkylation sites (N-methyl/N-ethyl adjacent to an activating group) is 1. The van der Waals surface area contributed by atoms with Gasteiger partial charge in [0, 0.05) is 43.3 Å². The quantitative estimate of drug-likeness (QED) is 0.503. The van der Waals surface area contributed by atoms with Crippen molar-refractivity contribution in [2.45, 2.75) is 11.3 Å². The summed E-state index contributed by atoms with van der Waals surface area (Å²) in [6, 6.07) is 17.2. The van der Waals surface area contributed by atoms with Crippen LogP contribution in [-0.4, -0.2) is 71.4 Å². The first kappa shape index (κ1) is 22.8. The topological polar surface area (TPSA) is 74.5 Å². The third-order valence-corrected chi connectivity index (χ3v) is 6.47. The molecule has 1 fully saturated rings. The largest absolute Gasteiger partial charge is 0.411 e. The Hall–Kier alpha value is -2.39. The standard InChI is InChI=1S/C23H26ClN5O2S/c1-28-11-13-29(14-12-28)15-20(17-5-3-2-4-6-17)25-21(30)16-32-23-27-26-22(31-23)18-7-9-19(24)10-8-18/h2-10,20H,11-16H2,1H3,(H,25,30). The van der Waals surface area contributed by atoms with E-state index in [1.165, 1.54) is 11.8 Å². The van der Waals surface area contributed by atoms with E-state index >= 15 is 0 Å². The highest BCUT2D eigenvalue weighted by Crippen LogP contribution is 2.24. The zero-order valence-corrected chi connectivity index (χ0v) is 19.5.